The van der Waals surface area contributed by atoms with Gasteiger partial charge in [0.15, 0.2) is 0 Å². The van der Waals surface area contributed by atoms with Gasteiger partial charge in [-0.3, -0.25) is 0 Å². The molecule has 0 aliphatic rings. The van der Waals surface area contributed by atoms with Crippen molar-refractivity contribution in [1.82, 2.24) is 5.32 Å². The Kier molecular flexibility index (Phi) is 6.49. The molecule has 19 heavy (non-hydrogen) atoms. The quantitative estimate of drug-likeness (QED) is 0.813. The zero-order valence-corrected chi connectivity index (χ0v) is 12.0. The van der Waals surface area contributed by atoms with Crippen LogP contribution in [0.4, 0.5) is 0 Å². The average molecular weight is 278 g/mol. The van der Waals surface area contributed by atoms with E-state index in [0.717, 1.165) is 30.6 Å². The van der Waals surface area contributed by atoms with Crippen molar-refractivity contribution in [3.63, 3.8) is 0 Å². The smallest absolute Gasteiger partial charge is 0.134 e. The molecule has 102 valence electrons. The summed E-state index contributed by atoms with van der Waals surface area (Å²) in [7, 11) is 0. The van der Waals surface area contributed by atoms with Gasteiger partial charge in [-0.1, -0.05) is 37.5 Å². The van der Waals surface area contributed by atoms with Crippen LogP contribution in [0.25, 0.3) is 11.0 Å². The molecule has 0 spiro atoms. The first-order valence-corrected chi connectivity index (χ1v) is 6.47. The predicted octanol–water partition coefficient (Wildman–Crippen LogP) is 3.79. The van der Waals surface area contributed by atoms with Crippen molar-refractivity contribution >= 4 is 23.4 Å². The number of halogens is 1. The molecule has 0 aliphatic carbocycles. The van der Waals surface area contributed by atoms with Crippen LogP contribution in [0.15, 0.2) is 34.7 Å². The number of rotatable bonds is 6. The van der Waals surface area contributed by atoms with E-state index < -0.39 is 0 Å². The first-order chi connectivity index (χ1) is 8.83. The van der Waals surface area contributed by atoms with Crippen LogP contribution in [-0.4, -0.2) is 12.6 Å². The number of para-hydroxylation sites is 1. The van der Waals surface area contributed by atoms with Gasteiger partial charge in [0, 0.05) is 17.8 Å². The third kappa shape index (κ3) is 4.31. The number of nitrogens with one attached hydrogen (secondary N) is 1. The van der Waals surface area contributed by atoms with Gasteiger partial charge in [0.05, 0.1) is 6.54 Å². The Morgan fingerprint density at radius 2 is 2.16 bits per heavy atom. The van der Waals surface area contributed by atoms with E-state index in [-0.39, 0.29) is 12.4 Å². The lowest BCUT2D eigenvalue weighted by molar-refractivity contribution is 0.447. The van der Waals surface area contributed by atoms with Gasteiger partial charge in [-0.25, -0.2) is 0 Å². The molecule has 0 saturated heterocycles. The van der Waals surface area contributed by atoms with Crippen LogP contribution < -0.4 is 5.32 Å². The van der Waals surface area contributed by atoms with Gasteiger partial charge < -0.3 is 9.73 Å². The standard InChI is InChI=1S/C16H19NO.ClH/c1-3-7-14(17-10-4-2)12-15-11-13-8-5-6-9-16(13)18-15;/h2,5-6,8-9,11,14,17H,3,7,10,12H2,1H3;1H. The molecule has 2 rings (SSSR count). The number of benzene rings is 1. The minimum absolute atomic E-state index is 0. The van der Waals surface area contributed by atoms with Crippen molar-refractivity contribution in [2.24, 2.45) is 0 Å². The third-order valence-corrected chi connectivity index (χ3v) is 3.05. The average Bonchev–Trinajstić information content (AvgIpc) is 2.78. The van der Waals surface area contributed by atoms with Gasteiger partial charge in [-0.2, -0.15) is 0 Å². The first kappa shape index (κ1) is 15.6. The Morgan fingerprint density at radius 3 is 2.84 bits per heavy atom. The van der Waals surface area contributed by atoms with Crippen LogP contribution in [0.5, 0.6) is 0 Å². The van der Waals surface area contributed by atoms with E-state index >= 15 is 0 Å². The lowest BCUT2D eigenvalue weighted by Crippen LogP contribution is -2.31. The van der Waals surface area contributed by atoms with E-state index in [9.17, 15) is 0 Å². The van der Waals surface area contributed by atoms with Crippen molar-refractivity contribution in [1.29, 1.82) is 0 Å². The van der Waals surface area contributed by atoms with Crippen LogP contribution in [-0.2, 0) is 6.42 Å². The summed E-state index contributed by atoms with van der Waals surface area (Å²) < 4.78 is 5.83. The van der Waals surface area contributed by atoms with Crippen LogP contribution >= 0.6 is 12.4 Å². The summed E-state index contributed by atoms with van der Waals surface area (Å²) in [4.78, 5) is 0. The maximum Gasteiger partial charge on any atom is 0.134 e. The fourth-order valence-electron chi connectivity index (χ4n) is 2.21. The van der Waals surface area contributed by atoms with Crippen molar-refractivity contribution in [2.75, 3.05) is 6.54 Å². The molecular formula is C16H20ClNO. The Labute approximate surface area is 121 Å². The molecule has 1 unspecified atom stereocenters. The minimum atomic E-state index is 0. The molecule has 1 heterocycles. The van der Waals surface area contributed by atoms with Gasteiger partial charge in [0.1, 0.15) is 11.3 Å². The highest BCUT2D eigenvalue weighted by Gasteiger charge is 2.11. The number of terminal acetylenes is 1. The predicted molar refractivity (Wildman–Crippen MR) is 82.7 cm³/mol. The molecule has 0 radical (unpaired) electrons. The fourth-order valence-corrected chi connectivity index (χ4v) is 2.21. The van der Waals surface area contributed by atoms with Gasteiger partial charge in [-0.05, 0) is 18.6 Å². The Hall–Kier alpha value is -1.43. The monoisotopic (exact) mass is 277 g/mol. The highest BCUT2D eigenvalue weighted by Crippen LogP contribution is 2.20. The zero-order valence-electron chi connectivity index (χ0n) is 11.2. The molecule has 2 aromatic rings. The summed E-state index contributed by atoms with van der Waals surface area (Å²) in [5, 5.41) is 4.53. The first-order valence-electron chi connectivity index (χ1n) is 6.47. The fraction of sp³-hybridized carbons (Fsp3) is 0.375. The maximum atomic E-state index is 5.83. The van der Waals surface area contributed by atoms with E-state index in [2.05, 4.69) is 30.3 Å². The van der Waals surface area contributed by atoms with E-state index in [4.69, 9.17) is 10.8 Å². The largest absolute Gasteiger partial charge is 0.461 e. The normalized spacial score (nSPS) is 11.8. The third-order valence-electron chi connectivity index (χ3n) is 3.05. The SMILES string of the molecule is C#CCNC(CCC)Cc1cc2ccccc2o1.Cl. The molecule has 0 bridgehead atoms. The second-order valence-corrected chi connectivity index (χ2v) is 4.53. The van der Waals surface area contributed by atoms with Crippen molar-refractivity contribution in [3.05, 3.63) is 36.1 Å². The Bertz CT molecular complexity index is 508. The zero-order chi connectivity index (χ0) is 12.8. The second kappa shape index (κ2) is 7.89. The molecule has 1 aromatic carbocycles. The lowest BCUT2D eigenvalue weighted by atomic mass is 10.1. The highest BCUT2D eigenvalue weighted by atomic mass is 35.5. The molecule has 1 aromatic heterocycles. The Balaban J connectivity index is 0.00000180. The van der Waals surface area contributed by atoms with E-state index in [1.165, 1.54) is 5.39 Å². The van der Waals surface area contributed by atoms with Gasteiger partial charge >= 0.3 is 0 Å². The molecule has 1 N–H and O–H groups in total. The summed E-state index contributed by atoms with van der Waals surface area (Å²) in [6.45, 7) is 2.80. The lowest BCUT2D eigenvalue weighted by Gasteiger charge is -2.14. The highest BCUT2D eigenvalue weighted by molar-refractivity contribution is 5.85. The van der Waals surface area contributed by atoms with Crippen LogP contribution in [0.1, 0.15) is 25.5 Å². The van der Waals surface area contributed by atoms with Crippen LogP contribution in [0.2, 0.25) is 0 Å². The van der Waals surface area contributed by atoms with Crippen molar-refractivity contribution in [2.45, 2.75) is 32.2 Å². The molecule has 3 heteroatoms. The van der Waals surface area contributed by atoms with Gasteiger partial charge in [0.25, 0.3) is 0 Å². The summed E-state index contributed by atoms with van der Waals surface area (Å²) >= 11 is 0. The number of fused-ring (bicyclic) bond motifs is 1. The summed E-state index contributed by atoms with van der Waals surface area (Å²) in [6.07, 6.45) is 8.44. The van der Waals surface area contributed by atoms with Crippen LogP contribution in [0, 0.1) is 12.3 Å². The summed E-state index contributed by atoms with van der Waals surface area (Å²) in [6, 6.07) is 10.6. The number of hydrogen-bond acceptors (Lipinski definition) is 2. The molecule has 0 saturated carbocycles. The van der Waals surface area contributed by atoms with E-state index in [0.29, 0.717) is 12.6 Å². The van der Waals surface area contributed by atoms with Crippen LogP contribution in [0.3, 0.4) is 0 Å². The maximum absolute atomic E-state index is 5.83. The van der Waals surface area contributed by atoms with Gasteiger partial charge in [0.2, 0.25) is 0 Å². The number of furan rings is 1. The second-order valence-electron chi connectivity index (χ2n) is 4.53. The van der Waals surface area contributed by atoms with Gasteiger partial charge in [-0.15, -0.1) is 18.8 Å². The molecule has 0 fully saturated rings. The minimum Gasteiger partial charge on any atom is -0.461 e. The van der Waals surface area contributed by atoms with Crippen molar-refractivity contribution < 1.29 is 4.42 Å². The summed E-state index contributed by atoms with van der Waals surface area (Å²) in [5.74, 6) is 3.65. The summed E-state index contributed by atoms with van der Waals surface area (Å²) in [5.41, 5.74) is 0.958. The topological polar surface area (TPSA) is 25.2 Å². The molecule has 0 amide bonds. The van der Waals surface area contributed by atoms with E-state index in [1.54, 1.807) is 0 Å². The molecular weight excluding hydrogens is 258 g/mol. The van der Waals surface area contributed by atoms with Crippen molar-refractivity contribution in [3.8, 4) is 12.3 Å². The molecule has 0 aliphatic heterocycles. The Morgan fingerprint density at radius 1 is 1.37 bits per heavy atom. The molecule has 2 nitrogen and oxygen atoms in total. The number of hydrogen-bond donors (Lipinski definition) is 1. The van der Waals surface area contributed by atoms with E-state index in [1.807, 2.05) is 18.2 Å². The molecule has 1 atom stereocenters.